The van der Waals surface area contributed by atoms with Crippen LogP contribution in [-0.2, 0) is 6.42 Å². The molecule has 0 aliphatic heterocycles. The summed E-state index contributed by atoms with van der Waals surface area (Å²) in [5.74, 6) is 1.50. The molecule has 1 aliphatic rings. The predicted molar refractivity (Wildman–Crippen MR) is 65.2 cm³/mol. The molecule has 1 heteroatoms. The lowest BCUT2D eigenvalue weighted by molar-refractivity contribution is 0.514. The fourth-order valence-electron chi connectivity index (χ4n) is 2.40. The second-order valence-electron chi connectivity index (χ2n) is 4.99. The van der Waals surface area contributed by atoms with Crippen LogP contribution in [0, 0.1) is 5.92 Å². The van der Waals surface area contributed by atoms with E-state index in [1.54, 1.807) is 11.1 Å². The quantitative estimate of drug-likeness (QED) is 0.793. The lowest BCUT2D eigenvalue weighted by atomic mass is 10.0. The Hall–Kier alpha value is -0.820. The zero-order valence-electron chi connectivity index (χ0n) is 9.79. The monoisotopic (exact) mass is 203 g/mol. The van der Waals surface area contributed by atoms with E-state index in [1.807, 2.05) is 0 Å². The molecule has 1 nitrogen and oxygen atoms in total. The summed E-state index contributed by atoms with van der Waals surface area (Å²) in [4.78, 5) is 0. The average molecular weight is 203 g/mol. The first-order valence-corrected chi connectivity index (χ1v) is 6.06. The van der Waals surface area contributed by atoms with Gasteiger partial charge >= 0.3 is 0 Å². The first kappa shape index (κ1) is 10.7. The van der Waals surface area contributed by atoms with Crippen molar-refractivity contribution in [1.82, 2.24) is 5.32 Å². The van der Waals surface area contributed by atoms with E-state index in [0.29, 0.717) is 0 Å². The summed E-state index contributed by atoms with van der Waals surface area (Å²) in [6.45, 7) is 6.80. The molecule has 15 heavy (non-hydrogen) atoms. The maximum Gasteiger partial charge on any atom is 0.00204 e. The average Bonchev–Trinajstić information content (AvgIpc) is 2.62. The largest absolute Gasteiger partial charge is 0.316 e. The fourth-order valence-corrected chi connectivity index (χ4v) is 2.40. The Labute approximate surface area is 92.9 Å². The van der Waals surface area contributed by atoms with Crippen LogP contribution in [0.15, 0.2) is 24.3 Å². The van der Waals surface area contributed by atoms with Crippen LogP contribution in [-0.4, -0.2) is 13.1 Å². The Morgan fingerprint density at radius 3 is 2.93 bits per heavy atom. The summed E-state index contributed by atoms with van der Waals surface area (Å²) in [5, 5.41) is 3.57. The van der Waals surface area contributed by atoms with Crippen molar-refractivity contribution in [3.8, 4) is 0 Å². The van der Waals surface area contributed by atoms with Gasteiger partial charge in [-0.25, -0.2) is 0 Å². The summed E-state index contributed by atoms with van der Waals surface area (Å²) in [5.41, 5.74) is 3.14. The zero-order chi connectivity index (χ0) is 10.7. The Bertz CT molecular complexity index is 317. The minimum absolute atomic E-state index is 0.750. The van der Waals surface area contributed by atoms with Gasteiger partial charge in [0.25, 0.3) is 0 Å². The molecule has 1 aromatic carbocycles. The third-order valence-electron chi connectivity index (χ3n) is 3.20. The molecule has 0 spiro atoms. The lowest BCUT2D eigenvalue weighted by Crippen LogP contribution is -2.24. The van der Waals surface area contributed by atoms with Gasteiger partial charge in [-0.05, 0) is 42.3 Å². The van der Waals surface area contributed by atoms with Crippen LogP contribution >= 0.6 is 0 Å². The molecule has 1 N–H and O–H groups in total. The highest BCUT2D eigenvalue weighted by molar-refractivity contribution is 5.34. The summed E-state index contributed by atoms with van der Waals surface area (Å²) < 4.78 is 0. The smallest absolute Gasteiger partial charge is 0.00204 e. The van der Waals surface area contributed by atoms with Gasteiger partial charge in [-0.3, -0.25) is 0 Å². The van der Waals surface area contributed by atoms with Crippen molar-refractivity contribution in [1.29, 1.82) is 0 Å². The highest BCUT2D eigenvalue weighted by Crippen LogP contribution is 2.31. The van der Waals surface area contributed by atoms with Crippen molar-refractivity contribution >= 4 is 0 Å². The number of fused-ring (bicyclic) bond motifs is 1. The molecular formula is C14H21N. The van der Waals surface area contributed by atoms with Gasteiger partial charge in [0.05, 0.1) is 0 Å². The molecule has 1 atom stereocenters. The highest BCUT2D eigenvalue weighted by Gasteiger charge is 2.20. The Morgan fingerprint density at radius 2 is 2.13 bits per heavy atom. The van der Waals surface area contributed by atoms with Crippen molar-refractivity contribution in [2.24, 2.45) is 5.92 Å². The van der Waals surface area contributed by atoms with Crippen LogP contribution in [0.1, 0.15) is 37.3 Å². The van der Waals surface area contributed by atoms with Gasteiger partial charge in [0.15, 0.2) is 0 Å². The maximum absolute atomic E-state index is 3.57. The standard InChI is InChI=1S/C14H21N/c1-11(2)9-15-10-13-8-7-12-5-3-4-6-14(12)13/h3-6,11,13,15H,7-10H2,1-2H3. The second kappa shape index (κ2) is 4.80. The van der Waals surface area contributed by atoms with Crippen LogP contribution in [0.4, 0.5) is 0 Å². The van der Waals surface area contributed by atoms with Gasteiger partial charge in [-0.15, -0.1) is 0 Å². The van der Waals surface area contributed by atoms with Gasteiger partial charge in [0.2, 0.25) is 0 Å². The van der Waals surface area contributed by atoms with Crippen LogP contribution in [0.3, 0.4) is 0 Å². The Kier molecular flexibility index (Phi) is 3.42. The number of hydrogen-bond acceptors (Lipinski definition) is 1. The van der Waals surface area contributed by atoms with E-state index in [4.69, 9.17) is 0 Å². The van der Waals surface area contributed by atoms with Crippen molar-refractivity contribution in [2.45, 2.75) is 32.6 Å². The molecule has 0 bridgehead atoms. The van der Waals surface area contributed by atoms with Gasteiger partial charge < -0.3 is 5.32 Å². The lowest BCUT2D eigenvalue weighted by Gasteiger charge is -2.13. The molecule has 1 aliphatic carbocycles. The molecule has 0 radical (unpaired) electrons. The summed E-state index contributed by atoms with van der Waals surface area (Å²) in [6, 6.07) is 8.89. The third kappa shape index (κ3) is 2.60. The summed E-state index contributed by atoms with van der Waals surface area (Å²) in [6.07, 6.45) is 2.59. The first-order valence-electron chi connectivity index (χ1n) is 6.06. The van der Waals surface area contributed by atoms with Gasteiger partial charge in [-0.1, -0.05) is 38.1 Å². The fraction of sp³-hybridized carbons (Fsp3) is 0.571. The van der Waals surface area contributed by atoms with E-state index in [-0.39, 0.29) is 0 Å². The molecule has 0 fully saturated rings. The minimum atomic E-state index is 0.750. The molecular weight excluding hydrogens is 182 g/mol. The molecule has 1 unspecified atom stereocenters. The highest BCUT2D eigenvalue weighted by atomic mass is 14.9. The predicted octanol–water partition coefficient (Wildman–Crippen LogP) is 2.96. The second-order valence-corrected chi connectivity index (χ2v) is 4.99. The minimum Gasteiger partial charge on any atom is -0.316 e. The molecule has 2 rings (SSSR count). The summed E-state index contributed by atoms with van der Waals surface area (Å²) in [7, 11) is 0. The molecule has 0 aromatic heterocycles. The molecule has 1 aromatic rings. The van der Waals surface area contributed by atoms with Gasteiger partial charge in [0, 0.05) is 6.54 Å². The maximum atomic E-state index is 3.57. The van der Waals surface area contributed by atoms with Crippen LogP contribution < -0.4 is 5.32 Å². The third-order valence-corrected chi connectivity index (χ3v) is 3.20. The van der Waals surface area contributed by atoms with Crippen LogP contribution in [0.25, 0.3) is 0 Å². The van der Waals surface area contributed by atoms with Gasteiger partial charge in [-0.2, -0.15) is 0 Å². The van der Waals surface area contributed by atoms with E-state index in [0.717, 1.165) is 24.9 Å². The normalized spacial score (nSPS) is 19.5. The molecule has 0 saturated heterocycles. The molecule has 0 heterocycles. The van der Waals surface area contributed by atoms with Crippen molar-refractivity contribution < 1.29 is 0 Å². The topological polar surface area (TPSA) is 12.0 Å². The summed E-state index contributed by atoms with van der Waals surface area (Å²) >= 11 is 0. The van der Waals surface area contributed by atoms with E-state index in [1.165, 1.54) is 12.8 Å². The van der Waals surface area contributed by atoms with E-state index < -0.39 is 0 Å². The van der Waals surface area contributed by atoms with E-state index in [2.05, 4.69) is 43.4 Å². The van der Waals surface area contributed by atoms with Crippen molar-refractivity contribution in [2.75, 3.05) is 13.1 Å². The van der Waals surface area contributed by atoms with Crippen molar-refractivity contribution in [3.05, 3.63) is 35.4 Å². The van der Waals surface area contributed by atoms with Crippen molar-refractivity contribution in [3.63, 3.8) is 0 Å². The number of rotatable bonds is 4. The van der Waals surface area contributed by atoms with E-state index in [9.17, 15) is 0 Å². The Balaban J connectivity index is 1.90. The van der Waals surface area contributed by atoms with Gasteiger partial charge in [0.1, 0.15) is 0 Å². The molecule has 0 amide bonds. The van der Waals surface area contributed by atoms with Crippen LogP contribution in [0.5, 0.6) is 0 Å². The Morgan fingerprint density at radius 1 is 1.33 bits per heavy atom. The number of benzene rings is 1. The van der Waals surface area contributed by atoms with E-state index >= 15 is 0 Å². The number of hydrogen-bond donors (Lipinski definition) is 1. The van der Waals surface area contributed by atoms with Crippen LogP contribution in [0.2, 0.25) is 0 Å². The number of aryl methyl sites for hydroxylation is 1. The zero-order valence-corrected chi connectivity index (χ0v) is 9.79. The molecule has 82 valence electrons. The number of nitrogens with one attached hydrogen (secondary N) is 1. The molecule has 0 saturated carbocycles. The SMILES string of the molecule is CC(C)CNCC1CCc2ccccc21. The first-order chi connectivity index (χ1) is 7.27.